The Morgan fingerprint density at radius 3 is 2.28 bits per heavy atom. The molecule has 0 aliphatic rings. The van der Waals surface area contributed by atoms with Gasteiger partial charge in [-0.05, 0) is 43.7 Å². The average molecular weight is 501 g/mol. The van der Waals surface area contributed by atoms with Crippen molar-refractivity contribution in [2.75, 3.05) is 18.4 Å². The highest BCUT2D eigenvalue weighted by molar-refractivity contribution is 5.99. The first kappa shape index (κ1) is 27.0. The highest BCUT2D eigenvalue weighted by atomic mass is 19.4. The van der Waals surface area contributed by atoms with Gasteiger partial charge in [-0.2, -0.15) is 18.3 Å². The molecule has 0 radical (unpaired) electrons. The highest BCUT2D eigenvalue weighted by Crippen LogP contribution is 2.30. The Kier molecular flexibility index (Phi) is 7.91. The number of aromatic nitrogens is 2. The molecule has 0 saturated heterocycles. The molecule has 6 nitrogen and oxygen atoms in total. The number of hydrogen-bond acceptors (Lipinski definition) is 3. The minimum absolute atomic E-state index is 0.120. The average Bonchev–Trinajstić information content (AvgIpc) is 3.22. The van der Waals surface area contributed by atoms with Crippen LogP contribution in [0, 0.1) is 6.92 Å². The van der Waals surface area contributed by atoms with Crippen LogP contribution < -0.4 is 5.32 Å². The molecule has 1 N–H and O–H groups in total. The van der Waals surface area contributed by atoms with Crippen LogP contribution in [-0.2, 0) is 16.4 Å². The molecule has 192 valence electrons. The van der Waals surface area contributed by atoms with Gasteiger partial charge >= 0.3 is 6.18 Å². The molecular formula is C27H31F3N4O2. The summed E-state index contributed by atoms with van der Waals surface area (Å²) in [5.41, 5.74) is 1.30. The summed E-state index contributed by atoms with van der Waals surface area (Å²) in [6, 6.07) is 13.7. The summed E-state index contributed by atoms with van der Waals surface area (Å²) in [6.07, 6.45) is -4.03. The van der Waals surface area contributed by atoms with Crippen LogP contribution in [0.1, 0.15) is 61.3 Å². The number of nitrogens with zero attached hydrogens (tertiary/aromatic N) is 3. The van der Waals surface area contributed by atoms with E-state index in [9.17, 15) is 22.8 Å². The molecule has 1 heterocycles. The lowest BCUT2D eigenvalue weighted by Gasteiger charge is -2.22. The van der Waals surface area contributed by atoms with Crippen molar-refractivity contribution in [2.24, 2.45) is 0 Å². The van der Waals surface area contributed by atoms with E-state index in [1.807, 2.05) is 58.9 Å². The Hall–Kier alpha value is -3.62. The van der Waals surface area contributed by atoms with Crippen LogP contribution in [0.3, 0.4) is 0 Å². The number of rotatable bonds is 7. The quantitative estimate of drug-likeness (QED) is 0.434. The largest absolute Gasteiger partial charge is 0.416 e. The first-order valence-electron chi connectivity index (χ1n) is 11.7. The number of halogens is 3. The van der Waals surface area contributed by atoms with Crippen molar-refractivity contribution in [1.29, 1.82) is 0 Å². The van der Waals surface area contributed by atoms with E-state index in [-0.39, 0.29) is 24.1 Å². The van der Waals surface area contributed by atoms with E-state index >= 15 is 0 Å². The summed E-state index contributed by atoms with van der Waals surface area (Å²) in [7, 11) is 0. The van der Waals surface area contributed by atoms with Crippen molar-refractivity contribution >= 4 is 17.6 Å². The molecule has 2 aromatic carbocycles. The fourth-order valence-electron chi connectivity index (χ4n) is 3.61. The van der Waals surface area contributed by atoms with Crippen molar-refractivity contribution in [3.8, 4) is 5.69 Å². The lowest BCUT2D eigenvalue weighted by Crippen LogP contribution is -2.38. The van der Waals surface area contributed by atoms with Gasteiger partial charge in [0, 0.05) is 23.6 Å². The van der Waals surface area contributed by atoms with Crippen LogP contribution in [0.15, 0.2) is 54.6 Å². The van der Waals surface area contributed by atoms with Gasteiger partial charge in [-0.3, -0.25) is 9.59 Å². The molecular weight excluding hydrogens is 469 g/mol. The summed E-state index contributed by atoms with van der Waals surface area (Å²) in [5.74, 6) is -0.672. The van der Waals surface area contributed by atoms with E-state index in [0.717, 1.165) is 29.1 Å². The predicted molar refractivity (Wildman–Crippen MR) is 133 cm³/mol. The fourth-order valence-corrected chi connectivity index (χ4v) is 3.61. The standard InChI is InChI=1S/C27H31F3N4O2/c1-6-14-33(25(36)19-8-7-9-20(15-19)27(28,29)30)17-24(35)31-23-16-22(26(3,4)5)32-34(23)21-12-10-18(2)11-13-21/h7-13,15-16H,6,14,17H2,1-5H3,(H,31,35). The molecule has 0 spiro atoms. The monoisotopic (exact) mass is 500 g/mol. The summed E-state index contributed by atoms with van der Waals surface area (Å²) >= 11 is 0. The van der Waals surface area contributed by atoms with Crippen molar-refractivity contribution in [1.82, 2.24) is 14.7 Å². The SMILES string of the molecule is CCCN(CC(=O)Nc1cc(C(C)(C)C)nn1-c1ccc(C)cc1)C(=O)c1cccc(C(F)(F)F)c1. The van der Waals surface area contributed by atoms with Crippen LogP contribution in [-0.4, -0.2) is 39.6 Å². The van der Waals surface area contributed by atoms with E-state index in [0.29, 0.717) is 12.2 Å². The molecule has 3 aromatic rings. The van der Waals surface area contributed by atoms with Gasteiger partial charge in [0.1, 0.15) is 12.4 Å². The number of hydrogen-bond donors (Lipinski definition) is 1. The molecule has 0 aliphatic carbocycles. The van der Waals surface area contributed by atoms with Gasteiger partial charge in [-0.25, -0.2) is 4.68 Å². The van der Waals surface area contributed by atoms with E-state index in [4.69, 9.17) is 0 Å². The van der Waals surface area contributed by atoms with Gasteiger partial charge in [-0.15, -0.1) is 0 Å². The van der Waals surface area contributed by atoms with Crippen molar-refractivity contribution in [3.63, 3.8) is 0 Å². The van der Waals surface area contributed by atoms with Gasteiger partial charge < -0.3 is 10.2 Å². The summed E-state index contributed by atoms with van der Waals surface area (Å²) in [5, 5.41) is 7.51. The summed E-state index contributed by atoms with van der Waals surface area (Å²) in [4.78, 5) is 27.3. The van der Waals surface area contributed by atoms with Crippen molar-refractivity contribution in [3.05, 3.63) is 77.0 Å². The number of nitrogens with one attached hydrogen (secondary N) is 1. The lowest BCUT2D eigenvalue weighted by molar-refractivity contribution is -0.137. The molecule has 0 aliphatic heterocycles. The van der Waals surface area contributed by atoms with E-state index in [1.165, 1.54) is 17.0 Å². The zero-order chi connectivity index (χ0) is 26.7. The second-order valence-electron chi connectivity index (χ2n) is 9.77. The highest BCUT2D eigenvalue weighted by Gasteiger charge is 2.31. The van der Waals surface area contributed by atoms with Gasteiger partial charge in [0.15, 0.2) is 0 Å². The van der Waals surface area contributed by atoms with Gasteiger partial charge in [-0.1, -0.05) is 51.5 Å². The van der Waals surface area contributed by atoms with E-state index < -0.39 is 23.6 Å². The zero-order valence-corrected chi connectivity index (χ0v) is 21.1. The van der Waals surface area contributed by atoms with Crippen LogP contribution in [0.5, 0.6) is 0 Å². The van der Waals surface area contributed by atoms with Crippen LogP contribution in [0.25, 0.3) is 5.69 Å². The van der Waals surface area contributed by atoms with Crippen molar-refractivity contribution in [2.45, 2.75) is 52.6 Å². The molecule has 9 heteroatoms. The molecule has 0 saturated carbocycles. The lowest BCUT2D eigenvalue weighted by atomic mass is 9.92. The van der Waals surface area contributed by atoms with Crippen LogP contribution >= 0.6 is 0 Å². The first-order valence-corrected chi connectivity index (χ1v) is 11.7. The second-order valence-corrected chi connectivity index (χ2v) is 9.77. The number of anilines is 1. The minimum Gasteiger partial charge on any atom is -0.329 e. The molecule has 0 fully saturated rings. The summed E-state index contributed by atoms with van der Waals surface area (Å²) < 4.78 is 41.0. The topological polar surface area (TPSA) is 67.2 Å². The zero-order valence-electron chi connectivity index (χ0n) is 21.1. The number of benzene rings is 2. The Bertz CT molecular complexity index is 1230. The normalized spacial score (nSPS) is 11.9. The van der Waals surface area contributed by atoms with Crippen LogP contribution in [0.4, 0.5) is 19.0 Å². The third-order valence-electron chi connectivity index (χ3n) is 5.58. The Morgan fingerprint density at radius 2 is 1.69 bits per heavy atom. The predicted octanol–water partition coefficient (Wildman–Crippen LogP) is 5.99. The molecule has 0 bridgehead atoms. The van der Waals surface area contributed by atoms with Gasteiger partial charge in [0.05, 0.1) is 16.9 Å². The molecule has 36 heavy (non-hydrogen) atoms. The Balaban J connectivity index is 1.85. The van der Waals surface area contributed by atoms with E-state index in [1.54, 1.807) is 10.7 Å². The van der Waals surface area contributed by atoms with Crippen molar-refractivity contribution < 1.29 is 22.8 Å². The van der Waals surface area contributed by atoms with Gasteiger partial charge in [0.2, 0.25) is 5.91 Å². The third kappa shape index (κ3) is 6.53. The van der Waals surface area contributed by atoms with Crippen LogP contribution in [0.2, 0.25) is 0 Å². The molecule has 3 rings (SSSR count). The number of aryl methyl sites for hydroxylation is 1. The maximum Gasteiger partial charge on any atom is 0.416 e. The fraction of sp³-hybridized carbons (Fsp3) is 0.370. The smallest absolute Gasteiger partial charge is 0.329 e. The molecule has 1 aromatic heterocycles. The maximum atomic E-state index is 13.1. The van der Waals surface area contributed by atoms with E-state index in [2.05, 4.69) is 10.4 Å². The Labute approximate surface area is 209 Å². The Morgan fingerprint density at radius 1 is 1.03 bits per heavy atom. The number of alkyl halides is 3. The number of carbonyl (C=O) groups excluding carboxylic acids is 2. The number of carbonyl (C=O) groups is 2. The molecule has 2 amide bonds. The maximum absolute atomic E-state index is 13.1. The second kappa shape index (κ2) is 10.6. The third-order valence-corrected chi connectivity index (χ3v) is 5.58. The summed E-state index contributed by atoms with van der Waals surface area (Å²) in [6.45, 7) is 9.73. The minimum atomic E-state index is -4.57. The number of amides is 2. The van der Waals surface area contributed by atoms with Gasteiger partial charge in [0.25, 0.3) is 5.91 Å². The molecule has 0 unspecified atom stereocenters. The molecule has 0 atom stereocenters. The first-order chi connectivity index (χ1) is 16.8.